The van der Waals surface area contributed by atoms with Gasteiger partial charge in [0.2, 0.25) is 0 Å². The summed E-state index contributed by atoms with van der Waals surface area (Å²) in [5.41, 5.74) is 6.91. The summed E-state index contributed by atoms with van der Waals surface area (Å²) in [5.74, 6) is 0.129. The Kier molecular flexibility index (Phi) is 4.12. The van der Waals surface area contributed by atoms with E-state index in [1.54, 1.807) is 6.07 Å². The van der Waals surface area contributed by atoms with Gasteiger partial charge in [-0.1, -0.05) is 38.1 Å². The van der Waals surface area contributed by atoms with Crippen molar-refractivity contribution in [2.24, 2.45) is 11.7 Å². The highest BCUT2D eigenvalue weighted by Crippen LogP contribution is 2.12. The highest BCUT2D eigenvalue weighted by atomic mass is 16.1. The van der Waals surface area contributed by atoms with Crippen molar-refractivity contribution >= 4 is 16.8 Å². The third-order valence-corrected chi connectivity index (χ3v) is 3.21. The van der Waals surface area contributed by atoms with Gasteiger partial charge in [0.15, 0.2) is 0 Å². The third-order valence-electron chi connectivity index (χ3n) is 3.21. The quantitative estimate of drug-likeness (QED) is 0.879. The van der Waals surface area contributed by atoms with E-state index in [1.165, 1.54) is 0 Å². The van der Waals surface area contributed by atoms with Gasteiger partial charge in [-0.3, -0.25) is 4.79 Å². The van der Waals surface area contributed by atoms with Gasteiger partial charge in [0, 0.05) is 18.0 Å². The van der Waals surface area contributed by atoms with Crippen LogP contribution in [0.4, 0.5) is 0 Å². The van der Waals surface area contributed by atoms with E-state index in [0.29, 0.717) is 18.2 Å². The number of pyridine rings is 1. The lowest BCUT2D eigenvalue weighted by molar-refractivity contribution is 0.0923. The summed E-state index contributed by atoms with van der Waals surface area (Å²) >= 11 is 0. The van der Waals surface area contributed by atoms with Crippen LogP contribution in [0.1, 0.15) is 24.3 Å². The predicted octanol–water partition coefficient (Wildman–Crippen LogP) is 1.95. The van der Waals surface area contributed by atoms with Crippen molar-refractivity contribution in [2.75, 3.05) is 6.54 Å². The molecule has 0 radical (unpaired) electrons. The van der Waals surface area contributed by atoms with Crippen LogP contribution < -0.4 is 11.1 Å². The highest BCUT2D eigenvalue weighted by molar-refractivity contribution is 5.95. The first-order valence-corrected chi connectivity index (χ1v) is 6.48. The molecule has 0 spiro atoms. The number of fused-ring (bicyclic) bond motifs is 1. The molecule has 19 heavy (non-hydrogen) atoms. The topological polar surface area (TPSA) is 68.0 Å². The lowest BCUT2D eigenvalue weighted by Gasteiger charge is -2.20. The molecule has 0 aliphatic heterocycles. The zero-order valence-electron chi connectivity index (χ0n) is 11.3. The number of carbonyl (C=O) groups is 1. The first-order valence-electron chi connectivity index (χ1n) is 6.48. The van der Waals surface area contributed by atoms with Crippen LogP contribution in [0.3, 0.4) is 0 Å². The van der Waals surface area contributed by atoms with Crippen molar-refractivity contribution in [3.63, 3.8) is 0 Å². The standard InChI is InChI=1S/C15H19N3O/c1-10(2)14(9-16)18-15(19)13-8-7-11-5-3-4-6-12(11)17-13/h3-8,10,14H,9,16H2,1-2H3,(H,18,19). The summed E-state index contributed by atoms with van der Waals surface area (Å²) in [6, 6.07) is 11.4. The first kappa shape index (κ1) is 13.5. The Balaban J connectivity index is 2.21. The number of aromatic nitrogens is 1. The number of para-hydroxylation sites is 1. The van der Waals surface area contributed by atoms with Gasteiger partial charge in [0.05, 0.1) is 5.52 Å². The zero-order chi connectivity index (χ0) is 13.8. The minimum Gasteiger partial charge on any atom is -0.346 e. The molecule has 0 saturated carbocycles. The number of nitrogens with one attached hydrogen (secondary N) is 1. The fourth-order valence-electron chi connectivity index (χ4n) is 1.93. The SMILES string of the molecule is CC(C)C(CN)NC(=O)c1ccc2ccccc2n1. The molecular formula is C15H19N3O. The van der Waals surface area contributed by atoms with Crippen molar-refractivity contribution in [2.45, 2.75) is 19.9 Å². The Morgan fingerprint density at radius 3 is 2.68 bits per heavy atom. The van der Waals surface area contributed by atoms with Crippen LogP contribution in [0.25, 0.3) is 10.9 Å². The molecule has 1 atom stereocenters. The van der Waals surface area contributed by atoms with Crippen molar-refractivity contribution in [1.29, 1.82) is 0 Å². The Labute approximate surface area is 113 Å². The average molecular weight is 257 g/mol. The molecule has 4 nitrogen and oxygen atoms in total. The van der Waals surface area contributed by atoms with Crippen LogP contribution in [0.5, 0.6) is 0 Å². The average Bonchev–Trinajstić information content (AvgIpc) is 2.43. The number of carbonyl (C=O) groups excluding carboxylic acids is 1. The summed E-state index contributed by atoms with van der Waals surface area (Å²) in [6.45, 7) is 4.49. The fraction of sp³-hybridized carbons (Fsp3) is 0.333. The zero-order valence-corrected chi connectivity index (χ0v) is 11.3. The Hall–Kier alpha value is -1.94. The molecular weight excluding hydrogens is 238 g/mol. The number of nitrogens with two attached hydrogens (primary N) is 1. The number of hydrogen-bond donors (Lipinski definition) is 2. The van der Waals surface area contributed by atoms with Crippen molar-refractivity contribution in [1.82, 2.24) is 10.3 Å². The van der Waals surface area contributed by atoms with Crippen molar-refractivity contribution in [3.8, 4) is 0 Å². The Bertz CT molecular complexity index is 580. The van der Waals surface area contributed by atoms with Crippen molar-refractivity contribution < 1.29 is 4.79 Å². The Morgan fingerprint density at radius 2 is 2.00 bits per heavy atom. The molecule has 1 unspecified atom stereocenters. The minimum absolute atomic E-state index is 0.0271. The molecule has 0 fully saturated rings. The monoisotopic (exact) mass is 257 g/mol. The molecule has 1 aromatic heterocycles. The van der Waals surface area contributed by atoms with Gasteiger partial charge in [-0.05, 0) is 18.1 Å². The van der Waals surface area contributed by atoms with E-state index in [-0.39, 0.29) is 11.9 Å². The van der Waals surface area contributed by atoms with Gasteiger partial charge in [-0.15, -0.1) is 0 Å². The predicted molar refractivity (Wildman–Crippen MR) is 76.9 cm³/mol. The number of hydrogen-bond acceptors (Lipinski definition) is 3. The molecule has 2 aromatic rings. The molecule has 3 N–H and O–H groups in total. The molecule has 0 aliphatic carbocycles. The molecule has 2 rings (SSSR count). The van der Waals surface area contributed by atoms with Crippen LogP contribution in [0, 0.1) is 5.92 Å². The summed E-state index contributed by atoms with van der Waals surface area (Å²) in [7, 11) is 0. The van der Waals surface area contributed by atoms with Gasteiger partial charge < -0.3 is 11.1 Å². The van der Waals surface area contributed by atoms with E-state index in [4.69, 9.17) is 5.73 Å². The number of benzene rings is 1. The van der Waals surface area contributed by atoms with Gasteiger partial charge in [0.25, 0.3) is 5.91 Å². The van der Waals surface area contributed by atoms with Crippen LogP contribution in [0.2, 0.25) is 0 Å². The molecule has 0 bridgehead atoms. The van der Waals surface area contributed by atoms with Crippen LogP contribution in [-0.2, 0) is 0 Å². The van der Waals surface area contributed by atoms with E-state index in [9.17, 15) is 4.79 Å². The highest BCUT2D eigenvalue weighted by Gasteiger charge is 2.16. The van der Waals surface area contributed by atoms with Gasteiger partial charge >= 0.3 is 0 Å². The van der Waals surface area contributed by atoms with E-state index >= 15 is 0 Å². The van der Waals surface area contributed by atoms with Crippen LogP contribution in [0.15, 0.2) is 36.4 Å². The first-order chi connectivity index (χ1) is 9.11. The lowest BCUT2D eigenvalue weighted by atomic mass is 10.0. The Morgan fingerprint density at radius 1 is 1.26 bits per heavy atom. The largest absolute Gasteiger partial charge is 0.346 e. The van der Waals surface area contributed by atoms with E-state index in [2.05, 4.69) is 10.3 Å². The summed E-state index contributed by atoms with van der Waals surface area (Å²) < 4.78 is 0. The third kappa shape index (κ3) is 3.09. The van der Waals surface area contributed by atoms with E-state index in [1.807, 2.05) is 44.2 Å². The lowest BCUT2D eigenvalue weighted by Crippen LogP contribution is -2.43. The molecule has 4 heteroatoms. The maximum atomic E-state index is 12.1. The van der Waals surface area contributed by atoms with Gasteiger partial charge in [-0.2, -0.15) is 0 Å². The fourth-order valence-corrected chi connectivity index (χ4v) is 1.93. The van der Waals surface area contributed by atoms with Crippen LogP contribution in [-0.4, -0.2) is 23.5 Å². The smallest absolute Gasteiger partial charge is 0.270 e. The maximum absolute atomic E-state index is 12.1. The second-order valence-electron chi connectivity index (χ2n) is 4.95. The minimum atomic E-state index is -0.171. The van der Waals surface area contributed by atoms with Crippen molar-refractivity contribution in [3.05, 3.63) is 42.1 Å². The number of amides is 1. The molecule has 0 saturated heterocycles. The van der Waals surface area contributed by atoms with Gasteiger partial charge in [0.1, 0.15) is 5.69 Å². The number of nitrogens with zero attached hydrogens (tertiary/aromatic N) is 1. The second kappa shape index (κ2) is 5.80. The molecule has 1 amide bonds. The second-order valence-corrected chi connectivity index (χ2v) is 4.95. The normalized spacial score (nSPS) is 12.6. The summed E-state index contributed by atoms with van der Waals surface area (Å²) in [5, 5.41) is 3.95. The molecule has 0 aliphatic rings. The summed E-state index contributed by atoms with van der Waals surface area (Å²) in [4.78, 5) is 16.5. The van der Waals surface area contributed by atoms with E-state index < -0.39 is 0 Å². The van der Waals surface area contributed by atoms with E-state index in [0.717, 1.165) is 10.9 Å². The molecule has 1 heterocycles. The van der Waals surface area contributed by atoms with Crippen LogP contribution >= 0.6 is 0 Å². The summed E-state index contributed by atoms with van der Waals surface area (Å²) in [6.07, 6.45) is 0. The number of rotatable bonds is 4. The molecule has 1 aromatic carbocycles. The molecule has 100 valence electrons. The van der Waals surface area contributed by atoms with Gasteiger partial charge in [-0.25, -0.2) is 4.98 Å². The maximum Gasteiger partial charge on any atom is 0.270 e.